The lowest BCUT2D eigenvalue weighted by Crippen LogP contribution is -2.38. The molecule has 0 unspecified atom stereocenters. The molecular weight excluding hydrogens is 461 g/mol. The molecule has 31 heavy (non-hydrogen) atoms. The molecule has 0 bridgehead atoms. The fourth-order valence-electron chi connectivity index (χ4n) is 2.93. The van der Waals surface area contributed by atoms with Gasteiger partial charge in [-0.3, -0.25) is 15.1 Å². The zero-order chi connectivity index (χ0) is 21.1. The molecule has 4 N–H and O–H groups in total. The summed E-state index contributed by atoms with van der Waals surface area (Å²) in [6, 6.07) is 13.4. The predicted octanol–water partition coefficient (Wildman–Crippen LogP) is 4.27. The highest BCUT2D eigenvalue weighted by atomic mass is 35.5. The number of guanidine groups is 1. The molecule has 0 saturated carbocycles. The first-order valence-electron chi connectivity index (χ1n) is 9.04. The van der Waals surface area contributed by atoms with E-state index in [1.165, 1.54) is 12.6 Å². The minimum absolute atomic E-state index is 0. The Labute approximate surface area is 198 Å². The van der Waals surface area contributed by atoms with Crippen molar-refractivity contribution in [1.29, 1.82) is 5.41 Å². The number of H-pyrrole nitrogens is 1. The van der Waals surface area contributed by atoms with E-state index in [4.69, 9.17) is 27.5 Å². The van der Waals surface area contributed by atoms with Crippen molar-refractivity contribution < 1.29 is 9.53 Å². The summed E-state index contributed by atoms with van der Waals surface area (Å²) < 4.78 is 5.89. The Morgan fingerprint density at radius 2 is 1.71 bits per heavy atom. The van der Waals surface area contributed by atoms with E-state index in [0.29, 0.717) is 34.0 Å². The van der Waals surface area contributed by atoms with E-state index in [9.17, 15) is 4.79 Å². The summed E-state index contributed by atoms with van der Waals surface area (Å²) in [6.07, 6.45) is 0. The van der Waals surface area contributed by atoms with Crippen molar-refractivity contribution >= 4 is 59.2 Å². The molecule has 0 fully saturated rings. The lowest BCUT2D eigenvalue weighted by molar-refractivity contribution is 0.0864. The minimum atomic E-state index is -0.412. The first-order valence-corrected chi connectivity index (χ1v) is 9.42. The Hall–Kier alpha value is -2.45. The number of hydrogen-bond donors (Lipinski definition) is 3. The number of rotatable bonds is 6. The number of amides is 1. The van der Waals surface area contributed by atoms with Crippen LogP contribution in [0, 0.1) is 5.41 Å². The average Bonchev–Trinajstić information content (AvgIpc) is 3.10. The van der Waals surface area contributed by atoms with Gasteiger partial charge in [0.2, 0.25) is 0 Å². The maximum absolute atomic E-state index is 12.4. The van der Waals surface area contributed by atoms with Crippen molar-refractivity contribution in [3.8, 4) is 5.75 Å². The number of fused-ring (bicyclic) bond motifs is 1. The molecule has 1 heterocycles. The largest absolute Gasteiger partial charge is 0.489 e. The molecule has 0 aliphatic heterocycles. The second-order valence-corrected chi connectivity index (χ2v) is 7.55. The Bertz CT molecular complexity index is 1050. The Kier molecular flexibility index (Phi) is 9.65. The number of benzene rings is 2. The van der Waals surface area contributed by atoms with Crippen LogP contribution in [0.15, 0.2) is 42.5 Å². The second kappa shape index (κ2) is 11.2. The van der Waals surface area contributed by atoms with Crippen molar-refractivity contribution in [2.45, 2.75) is 13.2 Å². The molecule has 0 aliphatic rings. The van der Waals surface area contributed by atoms with Crippen molar-refractivity contribution in [3.63, 3.8) is 0 Å². The van der Waals surface area contributed by atoms with E-state index >= 15 is 0 Å². The number of ether oxygens (including phenoxy) is 1. The Morgan fingerprint density at radius 3 is 2.29 bits per heavy atom. The summed E-state index contributed by atoms with van der Waals surface area (Å²) in [5.74, 6) is -0.147. The highest BCUT2D eigenvalue weighted by Gasteiger charge is 2.17. The number of hydrogen-bond acceptors (Lipinski definition) is 4. The number of aromatic nitrogens is 1. The van der Waals surface area contributed by atoms with Crippen LogP contribution in [-0.2, 0) is 13.2 Å². The van der Waals surface area contributed by atoms with Gasteiger partial charge in [-0.25, -0.2) is 0 Å². The molecule has 2 aromatic carbocycles. The molecule has 0 radical (unpaired) electrons. The molecule has 0 saturated heterocycles. The third-order valence-corrected chi connectivity index (χ3v) is 4.80. The van der Waals surface area contributed by atoms with Crippen LogP contribution in [0.1, 0.15) is 21.6 Å². The molecule has 3 aromatic rings. The molecular formula is C21H26Cl3N5O2. The number of aromatic amines is 1. The molecule has 7 nitrogen and oxygen atoms in total. The number of carbonyl (C=O) groups excluding carboxylic acids is 1. The molecule has 10 heteroatoms. The summed E-state index contributed by atoms with van der Waals surface area (Å²) in [5.41, 5.74) is 8.64. The standard InChI is InChI=1S/C21H24ClN5O2.2ClH/c1-26(2)11-13-4-6-14(7-5-13)12-29-15-8-17(22)16-10-19(25-18(16)9-15)20(28)27(3)21(23)24;;/h4-10,25H,11-12H2,1-3H3,(H3,23,24);2*1H. The third kappa shape index (κ3) is 6.51. The first kappa shape index (κ1) is 26.6. The molecule has 1 aromatic heterocycles. The lowest BCUT2D eigenvalue weighted by atomic mass is 10.1. The van der Waals surface area contributed by atoms with Crippen LogP contribution in [0.2, 0.25) is 5.02 Å². The van der Waals surface area contributed by atoms with E-state index < -0.39 is 5.91 Å². The number of nitrogens with two attached hydrogens (primary N) is 1. The smallest absolute Gasteiger partial charge is 0.276 e. The maximum atomic E-state index is 12.4. The fourth-order valence-corrected chi connectivity index (χ4v) is 3.19. The minimum Gasteiger partial charge on any atom is -0.489 e. The SMILES string of the molecule is CN(C)Cc1ccc(COc2cc(Cl)c3cc(C(=O)N(C)C(=N)N)[nH]c3c2)cc1.Cl.Cl. The van der Waals surface area contributed by atoms with E-state index in [1.807, 2.05) is 26.2 Å². The molecule has 0 aliphatic carbocycles. The van der Waals surface area contributed by atoms with Gasteiger partial charge in [0.25, 0.3) is 5.91 Å². The van der Waals surface area contributed by atoms with Gasteiger partial charge in [-0.1, -0.05) is 35.9 Å². The predicted molar refractivity (Wildman–Crippen MR) is 130 cm³/mol. The number of carbonyl (C=O) groups is 1. The quantitative estimate of drug-likeness (QED) is 0.358. The fraction of sp³-hybridized carbons (Fsp3) is 0.238. The highest BCUT2D eigenvalue weighted by molar-refractivity contribution is 6.35. The van der Waals surface area contributed by atoms with Crippen molar-refractivity contribution in [1.82, 2.24) is 14.8 Å². The van der Waals surface area contributed by atoms with Crippen molar-refractivity contribution in [3.05, 3.63) is 64.3 Å². The van der Waals surface area contributed by atoms with Crippen molar-refractivity contribution in [2.24, 2.45) is 5.73 Å². The third-order valence-electron chi connectivity index (χ3n) is 4.48. The number of nitrogens with one attached hydrogen (secondary N) is 2. The molecule has 0 spiro atoms. The number of halogens is 3. The van der Waals surface area contributed by atoms with Crippen LogP contribution >= 0.6 is 36.4 Å². The lowest BCUT2D eigenvalue weighted by Gasteiger charge is -2.12. The van der Waals surface area contributed by atoms with Crippen LogP contribution in [0.5, 0.6) is 5.75 Å². The van der Waals surface area contributed by atoms with Gasteiger partial charge in [0.05, 0.1) is 10.5 Å². The number of nitrogens with zero attached hydrogens (tertiary/aromatic N) is 2. The van der Waals surface area contributed by atoms with Crippen molar-refractivity contribution in [2.75, 3.05) is 21.1 Å². The summed E-state index contributed by atoms with van der Waals surface area (Å²) in [4.78, 5) is 18.5. The first-order chi connectivity index (χ1) is 13.7. The second-order valence-electron chi connectivity index (χ2n) is 7.14. The molecule has 3 rings (SSSR count). The highest BCUT2D eigenvalue weighted by Crippen LogP contribution is 2.30. The Morgan fingerprint density at radius 1 is 1.10 bits per heavy atom. The van der Waals surface area contributed by atoms with Gasteiger partial charge in [-0.05, 0) is 37.4 Å². The van der Waals surface area contributed by atoms with Crippen LogP contribution in [-0.4, -0.2) is 47.8 Å². The zero-order valence-corrected chi connectivity index (χ0v) is 19.8. The molecule has 168 valence electrons. The summed E-state index contributed by atoms with van der Waals surface area (Å²) in [6.45, 7) is 1.30. The molecule has 1 amide bonds. The van der Waals surface area contributed by atoms with Gasteiger partial charge in [0, 0.05) is 25.0 Å². The maximum Gasteiger partial charge on any atom is 0.276 e. The van der Waals surface area contributed by atoms with Gasteiger partial charge in [0.15, 0.2) is 5.96 Å². The summed E-state index contributed by atoms with van der Waals surface area (Å²) in [5, 5.41) is 8.57. The van der Waals surface area contributed by atoms with Gasteiger partial charge >= 0.3 is 0 Å². The van der Waals surface area contributed by atoms with E-state index in [2.05, 4.69) is 22.0 Å². The van der Waals surface area contributed by atoms with Crippen LogP contribution in [0.4, 0.5) is 0 Å². The van der Waals surface area contributed by atoms with Crippen LogP contribution in [0.25, 0.3) is 10.9 Å². The van der Waals surface area contributed by atoms with Gasteiger partial charge in [0.1, 0.15) is 18.1 Å². The van der Waals surface area contributed by atoms with E-state index in [0.717, 1.165) is 17.0 Å². The average molecular weight is 487 g/mol. The topological polar surface area (TPSA) is 98.4 Å². The van der Waals surface area contributed by atoms with Crippen LogP contribution < -0.4 is 10.5 Å². The monoisotopic (exact) mass is 485 g/mol. The Balaban J connectivity index is 0.00000240. The normalized spacial score (nSPS) is 10.4. The van der Waals surface area contributed by atoms with E-state index in [-0.39, 0.29) is 30.8 Å². The zero-order valence-electron chi connectivity index (χ0n) is 17.4. The van der Waals surface area contributed by atoms with E-state index in [1.54, 1.807) is 18.2 Å². The van der Waals surface area contributed by atoms with Crippen LogP contribution in [0.3, 0.4) is 0 Å². The summed E-state index contributed by atoms with van der Waals surface area (Å²) in [7, 11) is 5.51. The summed E-state index contributed by atoms with van der Waals surface area (Å²) >= 11 is 6.38. The van der Waals surface area contributed by atoms with Gasteiger partial charge < -0.3 is 20.4 Å². The molecule has 0 atom stereocenters. The van der Waals surface area contributed by atoms with Gasteiger partial charge in [-0.15, -0.1) is 24.8 Å². The van der Waals surface area contributed by atoms with Gasteiger partial charge in [-0.2, -0.15) is 0 Å².